The van der Waals surface area contributed by atoms with E-state index in [1.807, 2.05) is 30.3 Å². The fourth-order valence-electron chi connectivity index (χ4n) is 1.61. The average Bonchev–Trinajstić information content (AvgIpc) is 2.39. The largest absolute Gasteiger partial charge is 0.506 e. The molecule has 0 unspecified atom stereocenters. The first-order valence-electron chi connectivity index (χ1n) is 4.97. The normalized spacial score (nSPS) is 9.94. The van der Waals surface area contributed by atoms with Gasteiger partial charge >= 0.3 is 5.97 Å². The average molecular weight is 230 g/mol. The van der Waals surface area contributed by atoms with Crippen LogP contribution in [0.15, 0.2) is 48.5 Å². The molecule has 0 aliphatic heterocycles. The molecule has 0 fully saturated rings. The zero-order valence-electron chi connectivity index (χ0n) is 8.83. The van der Waals surface area contributed by atoms with Crippen LogP contribution in [0.3, 0.4) is 0 Å². The lowest BCUT2D eigenvalue weighted by Crippen LogP contribution is -2.02. The van der Waals surface area contributed by atoms with Gasteiger partial charge in [0.2, 0.25) is 0 Å². The Morgan fingerprint density at radius 1 is 1.00 bits per heavy atom. The molecule has 2 rings (SSSR count). The minimum Gasteiger partial charge on any atom is -0.506 e. The van der Waals surface area contributed by atoms with Crippen molar-refractivity contribution >= 4 is 5.97 Å². The lowest BCUT2D eigenvalue weighted by Gasteiger charge is -2.07. The maximum Gasteiger partial charge on any atom is 0.376 e. The number of phenols is 1. The number of carbonyl (C=O) groups excluding carboxylic acids is 1. The minimum atomic E-state index is -0.986. The Morgan fingerprint density at radius 2 is 1.71 bits per heavy atom. The quantitative estimate of drug-likeness (QED) is 0.614. The standard InChI is InChI=1S/C13H10O4/c14-12-10(9-5-2-1-3-6-9)7-4-8-11(12)13(15)17-16/h1-8,14,16H. The maximum atomic E-state index is 11.2. The molecule has 4 heteroatoms. The van der Waals surface area contributed by atoms with E-state index >= 15 is 0 Å². The van der Waals surface area contributed by atoms with Crippen LogP contribution in [0.5, 0.6) is 5.75 Å². The van der Waals surface area contributed by atoms with Gasteiger partial charge in [-0.2, -0.15) is 5.26 Å². The van der Waals surface area contributed by atoms with E-state index in [-0.39, 0.29) is 11.3 Å². The van der Waals surface area contributed by atoms with Crippen molar-refractivity contribution in [2.24, 2.45) is 0 Å². The van der Waals surface area contributed by atoms with Gasteiger partial charge in [0, 0.05) is 5.56 Å². The van der Waals surface area contributed by atoms with Crippen molar-refractivity contribution in [3.63, 3.8) is 0 Å². The van der Waals surface area contributed by atoms with Crippen LogP contribution < -0.4 is 0 Å². The Bertz CT molecular complexity index is 534. The predicted octanol–water partition coefficient (Wildman–Crippen LogP) is 2.69. The second-order valence-corrected chi connectivity index (χ2v) is 3.45. The molecule has 0 aliphatic rings. The third kappa shape index (κ3) is 2.11. The van der Waals surface area contributed by atoms with E-state index in [2.05, 4.69) is 4.89 Å². The second kappa shape index (κ2) is 4.67. The van der Waals surface area contributed by atoms with Crippen molar-refractivity contribution in [3.8, 4) is 16.9 Å². The van der Waals surface area contributed by atoms with E-state index in [1.54, 1.807) is 12.1 Å². The molecule has 2 N–H and O–H groups in total. The van der Waals surface area contributed by atoms with Crippen LogP contribution >= 0.6 is 0 Å². The highest BCUT2D eigenvalue weighted by Gasteiger charge is 2.16. The number of para-hydroxylation sites is 1. The van der Waals surface area contributed by atoms with Crippen molar-refractivity contribution in [1.29, 1.82) is 0 Å². The van der Waals surface area contributed by atoms with E-state index in [1.165, 1.54) is 6.07 Å². The highest BCUT2D eigenvalue weighted by molar-refractivity contribution is 5.95. The third-order valence-electron chi connectivity index (χ3n) is 2.42. The summed E-state index contributed by atoms with van der Waals surface area (Å²) in [6.45, 7) is 0. The molecule has 4 nitrogen and oxygen atoms in total. The Labute approximate surface area is 97.6 Å². The van der Waals surface area contributed by atoms with Crippen LogP contribution in [-0.4, -0.2) is 16.3 Å². The number of carbonyl (C=O) groups is 1. The topological polar surface area (TPSA) is 66.8 Å². The highest BCUT2D eigenvalue weighted by atomic mass is 17.1. The maximum absolute atomic E-state index is 11.2. The molecule has 0 radical (unpaired) electrons. The van der Waals surface area contributed by atoms with Gasteiger partial charge in [0.25, 0.3) is 0 Å². The van der Waals surface area contributed by atoms with Crippen molar-refractivity contribution in [2.45, 2.75) is 0 Å². The lowest BCUT2D eigenvalue weighted by atomic mass is 10.0. The highest BCUT2D eigenvalue weighted by Crippen LogP contribution is 2.32. The van der Waals surface area contributed by atoms with E-state index in [0.29, 0.717) is 5.56 Å². The molecule has 0 aliphatic carbocycles. The van der Waals surface area contributed by atoms with E-state index in [0.717, 1.165) is 5.56 Å². The molecule has 0 bridgehead atoms. The van der Waals surface area contributed by atoms with Crippen LogP contribution in [0.1, 0.15) is 10.4 Å². The Kier molecular flexibility index (Phi) is 3.07. The molecule has 0 saturated heterocycles. The predicted molar refractivity (Wildman–Crippen MR) is 61.6 cm³/mol. The van der Waals surface area contributed by atoms with Crippen molar-refractivity contribution in [1.82, 2.24) is 0 Å². The fraction of sp³-hybridized carbons (Fsp3) is 0. The molecule has 17 heavy (non-hydrogen) atoms. The van der Waals surface area contributed by atoms with Crippen LogP contribution in [0.25, 0.3) is 11.1 Å². The molecule has 2 aromatic carbocycles. The second-order valence-electron chi connectivity index (χ2n) is 3.45. The summed E-state index contributed by atoms with van der Waals surface area (Å²) < 4.78 is 0. The summed E-state index contributed by atoms with van der Waals surface area (Å²) in [5.41, 5.74) is 1.21. The Morgan fingerprint density at radius 3 is 2.35 bits per heavy atom. The first-order valence-corrected chi connectivity index (χ1v) is 4.97. The van der Waals surface area contributed by atoms with Gasteiger partial charge in [-0.25, -0.2) is 4.79 Å². The van der Waals surface area contributed by atoms with E-state index in [4.69, 9.17) is 5.26 Å². The summed E-state index contributed by atoms with van der Waals surface area (Å²) in [6.07, 6.45) is 0. The summed E-state index contributed by atoms with van der Waals surface area (Å²) in [5.74, 6) is -1.20. The van der Waals surface area contributed by atoms with Crippen LogP contribution in [0.4, 0.5) is 0 Å². The molecule has 2 aromatic rings. The summed E-state index contributed by atoms with van der Waals surface area (Å²) >= 11 is 0. The van der Waals surface area contributed by atoms with E-state index < -0.39 is 5.97 Å². The van der Waals surface area contributed by atoms with Crippen LogP contribution in [0.2, 0.25) is 0 Å². The van der Waals surface area contributed by atoms with Gasteiger partial charge in [0.05, 0.1) is 0 Å². The zero-order valence-corrected chi connectivity index (χ0v) is 8.83. The van der Waals surface area contributed by atoms with Crippen LogP contribution in [0, 0.1) is 0 Å². The van der Waals surface area contributed by atoms with Gasteiger partial charge in [-0.3, -0.25) is 4.89 Å². The zero-order chi connectivity index (χ0) is 12.3. The molecular formula is C13H10O4. The van der Waals surface area contributed by atoms with Crippen molar-refractivity contribution < 1.29 is 20.0 Å². The van der Waals surface area contributed by atoms with Crippen molar-refractivity contribution in [2.75, 3.05) is 0 Å². The summed E-state index contributed by atoms with van der Waals surface area (Å²) in [4.78, 5) is 14.8. The molecule has 86 valence electrons. The van der Waals surface area contributed by atoms with E-state index in [9.17, 15) is 9.90 Å². The van der Waals surface area contributed by atoms with Crippen molar-refractivity contribution in [3.05, 3.63) is 54.1 Å². The molecule has 0 heterocycles. The number of phenolic OH excluding ortho intramolecular Hbond substituents is 1. The number of hydrogen-bond donors (Lipinski definition) is 2. The monoisotopic (exact) mass is 230 g/mol. The number of benzene rings is 2. The first kappa shape index (κ1) is 11.2. The molecule has 0 atom stereocenters. The lowest BCUT2D eigenvalue weighted by molar-refractivity contribution is -0.182. The smallest absolute Gasteiger partial charge is 0.376 e. The minimum absolute atomic E-state index is 0.0751. The summed E-state index contributed by atoms with van der Waals surface area (Å²) in [6, 6.07) is 13.8. The fourth-order valence-corrected chi connectivity index (χ4v) is 1.61. The number of aromatic hydroxyl groups is 1. The Hall–Kier alpha value is -2.33. The number of rotatable bonds is 2. The third-order valence-corrected chi connectivity index (χ3v) is 2.42. The molecule has 0 aromatic heterocycles. The number of hydrogen-bond acceptors (Lipinski definition) is 4. The van der Waals surface area contributed by atoms with Gasteiger partial charge < -0.3 is 5.11 Å². The van der Waals surface area contributed by atoms with Gasteiger partial charge in [-0.1, -0.05) is 42.5 Å². The molecule has 0 saturated carbocycles. The first-order chi connectivity index (χ1) is 8.24. The Balaban J connectivity index is 2.54. The summed E-state index contributed by atoms with van der Waals surface area (Å²) in [7, 11) is 0. The van der Waals surface area contributed by atoms with Gasteiger partial charge in [0.1, 0.15) is 11.3 Å². The summed E-state index contributed by atoms with van der Waals surface area (Å²) in [5, 5.41) is 18.2. The SMILES string of the molecule is O=C(OO)c1cccc(-c2ccccc2)c1O. The molecule has 0 amide bonds. The van der Waals surface area contributed by atoms with Crippen LogP contribution in [-0.2, 0) is 4.89 Å². The molecular weight excluding hydrogens is 220 g/mol. The van der Waals surface area contributed by atoms with Gasteiger partial charge in [-0.05, 0) is 11.6 Å². The van der Waals surface area contributed by atoms with Gasteiger partial charge in [-0.15, -0.1) is 0 Å². The van der Waals surface area contributed by atoms with Gasteiger partial charge in [0.15, 0.2) is 0 Å². The molecule has 0 spiro atoms.